The van der Waals surface area contributed by atoms with E-state index < -0.39 is 11.7 Å². The summed E-state index contributed by atoms with van der Waals surface area (Å²) >= 11 is 0. The highest BCUT2D eigenvalue weighted by atomic mass is 19.4. The fraction of sp³-hybridized carbons (Fsp3) is 0.0769. The molecule has 2 N–H and O–H groups in total. The highest BCUT2D eigenvalue weighted by molar-refractivity contribution is 5.70. The molecule has 0 aromatic heterocycles. The number of hydrazine groups is 1. The van der Waals surface area contributed by atoms with Crippen LogP contribution in [0, 0.1) is 4.91 Å². The van der Waals surface area contributed by atoms with Crippen molar-refractivity contribution in [3.63, 3.8) is 0 Å². The van der Waals surface area contributed by atoms with Gasteiger partial charge in [-0.2, -0.15) is 19.0 Å². The Bertz CT molecular complexity index is 623. The van der Waals surface area contributed by atoms with Crippen molar-refractivity contribution < 1.29 is 18.0 Å². The van der Waals surface area contributed by atoms with Gasteiger partial charge in [0, 0.05) is 12.1 Å². The van der Waals surface area contributed by atoms with Gasteiger partial charge < -0.3 is 0 Å². The normalized spacial score (nSPS) is 11.3. The molecule has 0 heterocycles. The predicted molar refractivity (Wildman–Crippen MR) is 64.4 cm³/mol. The molecule has 0 saturated carbocycles. The van der Waals surface area contributed by atoms with Crippen LogP contribution in [0.25, 0.3) is 11.1 Å². The molecule has 98 valence electrons. The quantitative estimate of drug-likeness (QED) is 0.512. The maximum atomic E-state index is 12.9. The first-order valence-electron chi connectivity index (χ1n) is 5.38. The summed E-state index contributed by atoms with van der Waals surface area (Å²) in [5, 5.41) is 0. The second kappa shape index (κ2) is 4.72. The molecule has 0 fully saturated rings. The maximum Gasteiger partial charge on any atom is 0.417 e. The number of benzene rings is 2. The van der Waals surface area contributed by atoms with Crippen molar-refractivity contribution in [1.29, 1.82) is 0 Å². The highest BCUT2D eigenvalue weighted by Crippen LogP contribution is 2.37. The zero-order valence-corrected chi connectivity index (χ0v) is 9.69. The summed E-state index contributed by atoms with van der Waals surface area (Å²) in [6.07, 6.45) is -4.45. The molecule has 0 aliphatic heterocycles. The average molecular weight is 267 g/mol. The summed E-state index contributed by atoms with van der Waals surface area (Å²) in [7, 11) is 0. The molecule has 0 radical (unpaired) electrons. The maximum absolute atomic E-state index is 12.9. The molecule has 0 saturated heterocycles. The third-order valence-corrected chi connectivity index (χ3v) is 2.64. The average Bonchev–Trinajstić information content (AvgIpc) is 2.38. The Kier molecular flexibility index (Phi) is 3.25. The Morgan fingerprint density at radius 1 is 1.00 bits per heavy atom. The van der Waals surface area contributed by atoms with Gasteiger partial charge in [0.15, 0.2) is 4.87 Å². The van der Waals surface area contributed by atoms with E-state index in [4.69, 9.17) is 5.84 Å². The summed E-state index contributed by atoms with van der Waals surface area (Å²) < 4.78 is 38.7. The summed E-state index contributed by atoms with van der Waals surface area (Å²) in [4.78, 5) is 11.1. The summed E-state index contributed by atoms with van der Waals surface area (Å²) in [6.45, 7) is 0. The Morgan fingerprint density at radius 2 is 1.68 bits per heavy atom. The van der Waals surface area contributed by atoms with E-state index in [1.807, 2.05) is 0 Å². The topological polar surface area (TPSA) is 46.1 Å². The number of rotatable bonds is 2. The first-order valence-corrected chi connectivity index (χ1v) is 5.38. The smallest absolute Gasteiger partial charge is 0.166 e. The van der Waals surface area contributed by atoms with Gasteiger partial charge in [0.2, 0.25) is 0 Å². The van der Waals surface area contributed by atoms with Crippen LogP contribution in [0.2, 0.25) is 0 Å². The molecule has 0 amide bonds. The number of halogens is 3. The van der Waals surface area contributed by atoms with Gasteiger partial charge in [-0.05, 0) is 17.2 Å². The molecule has 0 bridgehead atoms. The van der Waals surface area contributed by atoms with Crippen LogP contribution in [0.5, 0.6) is 0 Å². The summed E-state index contributed by atoms with van der Waals surface area (Å²) in [5.41, 5.74) is -0.355. The second-order valence-corrected chi connectivity index (χ2v) is 3.92. The van der Waals surface area contributed by atoms with E-state index in [0.29, 0.717) is 0 Å². The van der Waals surface area contributed by atoms with Crippen molar-refractivity contribution in [2.24, 2.45) is 5.84 Å². The van der Waals surface area contributed by atoms with Crippen LogP contribution in [-0.4, -0.2) is 4.87 Å². The first kappa shape index (κ1) is 13.1. The van der Waals surface area contributed by atoms with E-state index >= 15 is 0 Å². The van der Waals surface area contributed by atoms with Gasteiger partial charge >= 0.3 is 6.18 Å². The molecule has 2 aromatic rings. The molecule has 0 unspecified atom stereocenters. The van der Waals surface area contributed by atoms with Crippen molar-refractivity contribution in [3.05, 3.63) is 59.0 Å². The molecule has 3 nitrogen and oxygen atoms in total. The minimum absolute atomic E-state index is 0.0127. The van der Waals surface area contributed by atoms with E-state index in [-0.39, 0.29) is 21.7 Å². The first-order chi connectivity index (χ1) is 8.89. The summed E-state index contributed by atoms with van der Waals surface area (Å²) in [6, 6.07) is 10.9. The van der Waals surface area contributed by atoms with Crippen LogP contribution in [0.4, 0.5) is 18.9 Å². The minimum atomic E-state index is -4.45. The van der Waals surface area contributed by atoms with E-state index in [1.165, 1.54) is 42.5 Å². The van der Waals surface area contributed by atoms with Gasteiger partial charge in [-0.25, -0.2) is 0 Å². The van der Waals surface area contributed by atoms with Crippen LogP contribution in [0.3, 0.4) is 0 Å². The van der Waals surface area contributed by atoms with Crippen LogP contribution < -0.4 is 5.84 Å². The predicted octanol–water partition coefficient (Wildman–Crippen LogP) is 3.66. The number of nitrogens with zero attached hydrogens (tertiary/aromatic N) is 1. The fourth-order valence-electron chi connectivity index (χ4n) is 1.79. The van der Waals surface area contributed by atoms with Gasteiger partial charge in [0.25, 0.3) is 5.69 Å². The zero-order chi connectivity index (χ0) is 14.0. The highest BCUT2D eigenvalue weighted by Gasteiger charge is 2.33. The van der Waals surface area contributed by atoms with Crippen LogP contribution in [-0.2, 0) is 6.18 Å². The van der Waals surface area contributed by atoms with Crippen molar-refractivity contribution in [2.75, 3.05) is 0 Å². The Labute approximate surface area is 107 Å². The molecule has 2 aromatic carbocycles. The van der Waals surface area contributed by atoms with Crippen molar-refractivity contribution >= 4 is 5.69 Å². The van der Waals surface area contributed by atoms with E-state index in [9.17, 15) is 18.1 Å². The molecule has 19 heavy (non-hydrogen) atoms. The Hall–Kier alpha value is -2.37. The third kappa shape index (κ3) is 2.73. The lowest BCUT2D eigenvalue weighted by Gasteiger charge is -2.12. The molecule has 0 aliphatic carbocycles. The second-order valence-electron chi connectivity index (χ2n) is 3.92. The molecular formula is C13H10F3N2O+. The van der Waals surface area contributed by atoms with Crippen LogP contribution in [0.1, 0.15) is 5.56 Å². The van der Waals surface area contributed by atoms with Gasteiger partial charge in [-0.1, -0.05) is 30.3 Å². The third-order valence-electron chi connectivity index (χ3n) is 2.64. The van der Waals surface area contributed by atoms with Gasteiger partial charge in [0.1, 0.15) is 0 Å². The zero-order valence-electron chi connectivity index (χ0n) is 9.69. The Morgan fingerprint density at radius 3 is 2.32 bits per heavy atom. The monoisotopic (exact) mass is 267 g/mol. The standard InChI is InChI=1S/C13H10F3N2O/c14-13(15,16)12-7-2-1-6-11(12)9-4-3-5-10(8-9)18(17)19/h1-8H,(H2,17,19)/q+1. The molecule has 0 atom stereocenters. The summed E-state index contributed by atoms with van der Waals surface area (Å²) in [5.74, 6) is 5.04. The van der Waals surface area contributed by atoms with Crippen molar-refractivity contribution in [1.82, 2.24) is 0 Å². The lowest BCUT2D eigenvalue weighted by atomic mass is 9.99. The molecule has 6 heteroatoms. The van der Waals surface area contributed by atoms with E-state index in [1.54, 1.807) is 0 Å². The van der Waals surface area contributed by atoms with Gasteiger partial charge in [0.05, 0.1) is 10.5 Å². The van der Waals surface area contributed by atoms with Crippen LogP contribution in [0.15, 0.2) is 48.5 Å². The molecule has 0 aliphatic rings. The fourth-order valence-corrected chi connectivity index (χ4v) is 1.79. The largest absolute Gasteiger partial charge is 0.417 e. The number of nitrogens with two attached hydrogens (primary N) is 1. The molecule has 2 rings (SSSR count). The lowest BCUT2D eigenvalue weighted by molar-refractivity contribution is -0.474. The van der Waals surface area contributed by atoms with E-state index in [0.717, 1.165) is 6.07 Å². The van der Waals surface area contributed by atoms with Gasteiger partial charge in [-0.15, -0.1) is 0 Å². The molecule has 0 spiro atoms. The van der Waals surface area contributed by atoms with Gasteiger partial charge in [-0.3, -0.25) is 0 Å². The number of hydrogen-bond acceptors (Lipinski definition) is 1. The van der Waals surface area contributed by atoms with Crippen molar-refractivity contribution in [2.45, 2.75) is 6.18 Å². The SMILES string of the molecule is N[N+](=O)c1cccc(-c2ccccc2C(F)(F)F)c1. The molecular weight excluding hydrogens is 257 g/mol. The lowest BCUT2D eigenvalue weighted by Crippen LogP contribution is -2.09. The Balaban J connectivity index is 2.60. The van der Waals surface area contributed by atoms with Crippen molar-refractivity contribution in [3.8, 4) is 11.1 Å². The minimum Gasteiger partial charge on any atom is -0.166 e. The number of hydrogen-bond donors (Lipinski definition) is 1. The number of nitroso groups, excluding NO2 is 1. The number of alkyl halides is 3. The van der Waals surface area contributed by atoms with Crippen LogP contribution >= 0.6 is 0 Å². The van der Waals surface area contributed by atoms with E-state index in [2.05, 4.69) is 0 Å².